The van der Waals surface area contributed by atoms with E-state index in [9.17, 15) is 9.18 Å². The molecule has 0 amide bonds. The number of hydrogen-bond acceptors (Lipinski definition) is 6. The molecule has 8 heteroatoms. The Hall–Kier alpha value is -2.22. The predicted octanol–water partition coefficient (Wildman–Crippen LogP) is 2.33. The number of halogens is 2. The van der Waals surface area contributed by atoms with Crippen LogP contribution < -0.4 is 10.5 Å². The highest BCUT2D eigenvalue weighted by atomic mass is 79.9. The average Bonchev–Trinajstić information content (AvgIpc) is 2.47. The molecule has 2 aromatic rings. The average molecular weight is 356 g/mol. The summed E-state index contributed by atoms with van der Waals surface area (Å²) in [4.78, 5) is 19.5. The third-order valence-corrected chi connectivity index (χ3v) is 2.96. The topological polar surface area (TPSA) is 87.3 Å². The lowest BCUT2D eigenvalue weighted by molar-refractivity contribution is 0.0597. The van der Waals surface area contributed by atoms with E-state index >= 15 is 0 Å². The number of ether oxygens (including phenoxy) is 2. The fourth-order valence-electron chi connectivity index (χ4n) is 1.60. The summed E-state index contributed by atoms with van der Waals surface area (Å²) in [5.41, 5.74) is 6.15. The highest BCUT2D eigenvalue weighted by Crippen LogP contribution is 2.21. The van der Waals surface area contributed by atoms with Crippen LogP contribution in [0.5, 0.6) is 5.88 Å². The fourth-order valence-corrected chi connectivity index (χ4v) is 1.87. The van der Waals surface area contributed by atoms with Crippen LogP contribution >= 0.6 is 15.9 Å². The molecule has 0 saturated heterocycles. The lowest BCUT2D eigenvalue weighted by atomic mass is 10.1. The third kappa shape index (κ3) is 3.66. The van der Waals surface area contributed by atoms with Crippen molar-refractivity contribution in [2.45, 2.75) is 6.61 Å². The molecule has 0 unspecified atom stereocenters. The minimum atomic E-state index is -0.582. The van der Waals surface area contributed by atoms with Crippen LogP contribution in [-0.4, -0.2) is 23.0 Å². The number of esters is 1. The second-order valence-electron chi connectivity index (χ2n) is 3.96. The van der Waals surface area contributed by atoms with E-state index in [1.807, 2.05) is 0 Å². The molecule has 0 atom stereocenters. The fraction of sp³-hybridized carbons (Fsp3) is 0.154. The SMILES string of the molecule is COC(=O)c1ccc(F)cc1COc1nc(Br)cnc1N. The maximum absolute atomic E-state index is 13.3. The highest BCUT2D eigenvalue weighted by Gasteiger charge is 2.14. The van der Waals surface area contributed by atoms with Gasteiger partial charge in [-0.05, 0) is 34.1 Å². The summed E-state index contributed by atoms with van der Waals surface area (Å²) in [7, 11) is 1.24. The molecule has 110 valence electrons. The van der Waals surface area contributed by atoms with Gasteiger partial charge in [0, 0.05) is 5.56 Å². The Balaban J connectivity index is 2.25. The van der Waals surface area contributed by atoms with Crippen molar-refractivity contribution in [3.05, 3.63) is 45.9 Å². The van der Waals surface area contributed by atoms with Crippen LogP contribution in [0.3, 0.4) is 0 Å². The molecule has 2 rings (SSSR count). The van der Waals surface area contributed by atoms with Crippen molar-refractivity contribution in [1.82, 2.24) is 9.97 Å². The molecule has 6 nitrogen and oxygen atoms in total. The maximum Gasteiger partial charge on any atom is 0.338 e. The summed E-state index contributed by atoms with van der Waals surface area (Å²) in [6.07, 6.45) is 1.42. The van der Waals surface area contributed by atoms with Crippen molar-refractivity contribution in [3.63, 3.8) is 0 Å². The molecule has 1 aromatic heterocycles. The van der Waals surface area contributed by atoms with Gasteiger partial charge in [-0.15, -0.1) is 0 Å². The van der Waals surface area contributed by atoms with Gasteiger partial charge in [-0.3, -0.25) is 0 Å². The van der Waals surface area contributed by atoms with Crippen molar-refractivity contribution < 1.29 is 18.7 Å². The Morgan fingerprint density at radius 2 is 2.24 bits per heavy atom. The molecule has 0 radical (unpaired) electrons. The normalized spacial score (nSPS) is 10.2. The Morgan fingerprint density at radius 3 is 2.95 bits per heavy atom. The quantitative estimate of drug-likeness (QED) is 0.846. The van der Waals surface area contributed by atoms with Gasteiger partial charge in [0.2, 0.25) is 0 Å². The molecule has 0 aliphatic rings. The van der Waals surface area contributed by atoms with Crippen LogP contribution in [0.15, 0.2) is 29.0 Å². The molecule has 0 aliphatic heterocycles. The number of aromatic nitrogens is 2. The van der Waals surface area contributed by atoms with Crippen LogP contribution in [0.1, 0.15) is 15.9 Å². The number of nitrogen functional groups attached to an aromatic ring is 1. The summed E-state index contributed by atoms with van der Waals surface area (Å²) < 4.78 is 23.8. The number of nitrogens with two attached hydrogens (primary N) is 1. The van der Waals surface area contributed by atoms with Gasteiger partial charge in [0.1, 0.15) is 17.0 Å². The number of hydrogen-bond donors (Lipinski definition) is 1. The Bertz CT molecular complexity index is 682. The van der Waals surface area contributed by atoms with Gasteiger partial charge in [0.05, 0.1) is 18.9 Å². The van der Waals surface area contributed by atoms with Gasteiger partial charge < -0.3 is 15.2 Å². The molecule has 1 heterocycles. The Kier molecular flexibility index (Phi) is 4.69. The minimum Gasteiger partial charge on any atom is -0.470 e. The molecular formula is C13H11BrFN3O3. The molecular weight excluding hydrogens is 345 g/mol. The summed E-state index contributed by atoms with van der Waals surface area (Å²) >= 11 is 3.14. The van der Waals surface area contributed by atoms with Crippen LogP contribution in [0.4, 0.5) is 10.2 Å². The lowest BCUT2D eigenvalue weighted by Gasteiger charge is -2.10. The van der Waals surface area contributed by atoms with Gasteiger partial charge in [0.25, 0.3) is 5.88 Å². The number of rotatable bonds is 4. The van der Waals surface area contributed by atoms with Crippen LogP contribution in [-0.2, 0) is 11.3 Å². The molecule has 0 spiro atoms. The number of anilines is 1. The first-order chi connectivity index (χ1) is 10.0. The van der Waals surface area contributed by atoms with Gasteiger partial charge in [0.15, 0.2) is 5.82 Å². The first kappa shape index (κ1) is 15.2. The predicted molar refractivity (Wildman–Crippen MR) is 76.2 cm³/mol. The van der Waals surface area contributed by atoms with E-state index in [2.05, 4.69) is 30.6 Å². The van der Waals surface area contributed by atoms with Crippen LogP contribution in [0.25, 0.3) is 0 Å². The zero-order valence-electron chi connectivity index (χ0n) is 11.0. The monoisotopic (exact) mass is 355 g/mol. The van der Waals surface area contributed by atoms with Crippen LogP contribution in [0.2, 0.25) is 0 Å². The van der Waals surface area contributed by atoms with E-state index in [0.29, 0.717) is 10.2 Å². The van der Waals surface area contributed by atoms with Gasteiger partial charge in [-0.1, -0.05) is 0 Å². The molecule has 1 aromatic carbocycles. The van der Waals surface area contributed by atoms with Gasteiger partial charge >= 0.3 is 5.97 Å². The standard InChI is InChI=1S/C13H11BrFN3O3/c1-20-13(19)9-3-2-8(15)4-7(9)6-21-12-11(16)17-5-10(14)18-12/h2-5H,6H2,1H3,(H2,16,17). The zero-order chi connectivity index (χ0) is 15.4. The van der Waals surface area contributed by atoms with Gasteiger partial charge in [-0.2, -0.15) is 0 Å². The number of methoxy groups -OCH3 is 1. The summed E-state index contributed by atoms with van der Waals surface area (Å²) in [6, 6.07) is 3.69. The first-order valence-corrected chi connectivity index (χ1v) is 6.58. The second-order valence-corrected chi connectivity index (χ2v) is 4.78. The number of carbonyl (C=O) groups is 1. The number of carbonyl (C=O) groups excluding carboxylic acids is 1. The van der Waals surface area contributed by atoms with Gasteiger partial charge in [-0.25, -0.2) is 19.2 Å². The number of nitrogens with zero attached hydrogens (tertiary/aromatic N) is 2. The zero-order valence-corrected chi connectivity index (χ0v) is 12.6. The molecule has 2 N–H and O–H groups in total. The highest BCUT2D eigenvalue weighted by molar-refractivity contribution is 9.10. The smallest absolute Gasteiger partial charge is 0.338 e. The van der Waals surface area contributed by atoms with E-state index in [1.54, 1.807) is 0 Å². The maximum atomic E-state index is 13.3. The van der Waals surface area contributed by atoms with E-state index in [0.717, 1.165) is 0 Å². The van der Waals surface area contributed by atoms with E-state index in [4.69, 9.17) is 10.5 Å². The second kappa shape index (κ2) is 6.49. The first-order valence-electron chi connectivity index (χ1n) is 5.79. The van der Waals surface area contributed by atoms with Crippen molar-refractivity contribution in [1.29, 1.82) is 0 Å². The molecule has 0 saturated carbocycles. The largest absolute Gasteiger partial charge is 0.470 e. The Morgan fingerprint density at radius 1 is 1.48 bits per heavy atom. The van der Waals surface area contributed by atoms with E-state index in [-0.39, 0.29) is 23.9 Å². The van der Waals surface area contributed by atoms with Crippen molar-refractivity contribution in [3.8, 4) is 5.88 Å². The third-order valence-electron chi connectivity index (χ3n) is 2.57. The molecule has 0 aliphatic carbocycles. The van der Waals surface area contributed by atoms with Crippen molar-refractivity contribution in [2.75, 3.05) is 12.8 Å². The van der Waals surface area contributed by atoms with E-state index < -0.39 is 11.8 Å². The van der Waals surface area contributed by atoms with Crippen molar-refractivity contribution >= 4 is 27.7 Å². The molecule has 21 heavy (non-hydrogen) atoms. The Labute approximate surface area is 128 Å². The summed E-state index contributed by atoms with van der Waals surface area (Å²) in [5, 5.41) is 0. The summed E-state index contributed by atoms with van der Waals surface area (Å²) in [5.74, 6) is -0.893. The lowest BCUT2D eigenvalue weighted by Crippen LogP contribution is -2.10. The minimum absolute atomic E-state index is 0.0875. The van der Waals surface area contributed by atoms with E-state index in [1.165, 1.54) is 31.5 Å². The van der Waals surface area contributed by atoms with Crippen LogP contribution in [0, 0.1) is 5.82 Å². The summed E-state index contributed by atoms with van der Waals surface area (Å²) in [6.45, 7) is -0.0997. The number of benzene rings is 1. The van der Waals surface area contributed by atoms with Crippen molar-refractivity contribution in [2.24, 2.45) is 0 Å². The molecule has 0 fully saturated rings. The molecule has 0 bridgehead atoms.